The van der Waals surface area contributed by atoms with E-state index in [1.807, 2.05) is 19.4 Å². The van der Waals surface area contributed by atoms with Gasteiger partial charge in [-0.25, -0.2) is 0 Å². The molecule has 0 aromatic carbocycles. The Morgan fingerprint density at radius 1 is 1.41 bits per heavy atom. The van der Waals surface area contributed by atoms with Gasteiger partial charge in [0.2, 0.25) is 0 Å². The molecule has 1 aliphatic rings. The number of nitrogens with two attached hydrogens (primary N) is 1. The molecule has 1 unspecified atom stereocenters. The van der Waals surface area contributed by atoms with Gasteiger partial charge in [-0.3, -0.25) is 9.58 Å². The Morgan fingerprint density at radius 3 is 2.59 bits per heavy atom. The molecule has 1 fully saturated rings. The van der Waals surface area contributed by atoms with Crippen molar-refractivity contribution in [1.82, 2.24) is 14.7 Å². The molecular weight excluding hydrogens is 216 g/mol. The summed E-state index contributed by atoms with van der Waals surface area (Å²) in [4.78, 5) is 2.40. The fraction of sp³-hybridized carbons (Fsp3) is 0.750. The van der Waals surface area contributed by atoms with Crippen LogP contribution in [0, 0.1) is 0 Å². The lowest BCUT2D eigenvalue weighted by Gasteiger charge is -2.44. The summed E-state index contributed by atoms with van der Waals surface area (Å²) in [5.41, 5.74) is 7.39. The highest BCUT2D eigenvalue weighted by atomic mass is 16.5. The van der Waals surface area contributed by atoms with E-state index in [0.717, 1.165) is 31.9 Å². The molecule has 1 aromatic heterocycles. The minimum atomic E-state index is -0.0766. The molecule has 1 aliphatic heterocycles. The molecule has 2 N–H and O–H groups in total. The highest BCUT2D eigenvalue weighted by Gasteiger charge is 2.35. The highest BCUT2D eigenvalue weighted by molar-refractivity contribution is 5.15. The Bertz CT molecular complexity index is 368. The largest absolute Gasteiger partial charge is 0.379 e. The van der Waals surface area contributed by atoms with Crippen LogP contribution in [0.2, 0.25) is 0 Å². The van der Waals surface area contributed by atoms with Crippen molar-refractivity contribution in [1.29, 1.82) is 0 Å². The number of aryl methyl sites for hydroxylation is 1. The Labute approximate surface area is 103 Å². The van der Waals surface area contributed by atoms with Crippen molar-refractivity contribution in [3.05, 3.63) is 18.0 Å². The summed E-state index contributed by atoms with van der Waals surface area (Å²) in [6.07, 6.45) is 3.85. The van der Waals surface area contributed by atoms with Crippen molar-refractivity contribution >= 4 is 0 Å². The number of morpholine rings is 1. The number of nitrogens with zero attached hydrogens (tertiary/aromatic N) is 3. The molecule has 17 heavy (non-hydrogen) atoms. The number of hydrogen-bond donors (Lipinski definition) is 1. The van der Waals surface area contributed by atoms with E-state index >= 15 is 0 Å². The molecule has 0 radical (unpaired) electrons. The van der Waals surface area contributed by atoms with E-state index in [4.69, 9.17) is 10.5 Å². The first-order valence-electron chi connectivity index (χ1n) is 6.09. The van der Waals surface area contributed by atoms with Gasteiger partial charge in [0.05, 0.1) is 25.5 Å². The molecular formula is C12H22N4O. The Morgan fingerprint density at radius 2 is 2.06 bits per heavy atom. The Hall–Kier alpha value is -0.910. The zero-order valence-corrected chi connectivity index (χ0v) is 10.9. The fourth-order valence-electron chi connectivity index (χ4n) is 2.34. The standard InChI is InChI=1S/C12H22N4O/c1-12(2,16-4-6-17-7-5-16)11(13)10-8-14-15(3)9-10/h8-9,11H,4-7,13H2,1-3H3. The lowest BCUT2D eigenvalue weighted by molar-refractivity contribution is -0.0190. The van der Waals surface area contributed by atoms with E-state index < -0.39 is 0 Å². The van der Waals surface area contributed by atoms with E-state index in [-0.39, 0.29) is 11.6 Å². The number of hydrogen-bond acceptors (Lipinski definition) is 4. The molecule has 0 amide bonds. The maximum atomic E-state index is 6.38. The molecule has 0 saturated carbocycles. The van der Waals surface area contributed by atoms with Crippen LogP contribution in [0.5, 0.6) is 0 Å². The second-order valence-corrected chi connectivity index (χ2v) is 5.18. The van der Waals surface area contributed by atoms with Crippen molar-refractivity contribution in [2.24, 2.45) is 12.8 Å². The normalized spacial score (nSPS) is 20.5. The van der Waals surface area contributed by atoms with Crippen molar-refractivity contribution in [3.63, 3.8) is 0 Å². The van der Waals surface area contributed by atoms with Gasteiger partial charge >= 0.3 is 0 Å². The molecule has 0 aliphatic carbocycles. The highest BCUT2D eigenvalue weighted by Crippen LogP contribution is 2.29. The van der Waals surface area contributed by atoms with Gasteiger partial charge in [-0.1, -0.05) is 0 Å². The maximum absolute atomic E-state index is 6.38. The second kappa shape index (κ2) is 4.76. The first kappa shape index (κ1) is 12.5. The van der Waals surface area contributed by atoms with Gasteiger partial charge < -0.3 is 10.5 Å². The van der Waals surface area contributed by atoms with Crippen LogP contribution in [0.15, 0.2) is 12.4 Å². The van der Waals surface area contributed by atoms with Crippen LogP contribution in [-0.2, 0) is 11.8 Å². The molecule has 1 aromatic rings. The van der Waals surface area contributed by atoms with Crippen LogP contribution in [0.4, 0.5) is 0 Å². The lowest BCUT2D eigenvalue weighted by Crippen LogP contribution is -2.55. The first-order chi connectivity index (χ1) is 8.01. The van der Waals surface area contributed by atoms with E-state index in [9.17, 15) is 0 Å². The smallest absolute Gasteiger partial charge is 0.0594 e. The predicted molar refractivity (Wildman–Crippen MR) is 66.6 cm³/mol. The van der Waals surface area contributed by atoms with E-state index in [2.05, 4.69) is 23.8 Å². The molecule has 1 atom stereocenters. The van der Waals surface area contributed by atoms with Crippen LogP contribution >= 0.6 is 0 Å². The van der Waals surface area contributed by atoms with Gasteiger partial charge in [-0.2, -0.15) is 5.10 Å². The number of ether oxygens (including phenoxy) is 1. The average Bonchev–Trinajstić information content (AvgIpc) is 2.76. The third-order valence-corrected chi connectivity index (χ3v) is 3.67. The van der Waals surface area contributed by atoms with Gasteiger partial charge in [0.25, 0.3) is 0 Å². The third-order valence-electron chi connectivity index (χ3n) is 3.67. The summed E-state index contributed by atoms with van der Waals surface area (Å²) >= 11 is 0. The van der Waals surface area contributed by atoms with Crippen molar-refractivity contribution in [3.8, 4) is 0 Å². The van der Waals surface area contributed by atoms with Crippen LogP contribution in [-0.4, -0.2) is 46.5 Å². The summed E-state index contributed by atoms with van der Waals surface area (Å²) in [6, 6.07) is -0.0331. The van der Waals surface area contributed by atoms with Gasteiger partial charge in [0.1, 0.15) is 0 Å². The van der Waals surface area contributed by atoms with E-state index in [0.29, 0.717) is 0 Å². The number of aromatic nitrogens is 2. The van der Waals surface area contributed by atoms with Crippen LogP contribution in [0.3, 0.4) is 0 Å². The molecule has 96 valence electrons. The molecule has 5 nitrogen and oxygen atoms in total. The zero-order chi connectivity index (χ0) is 12.5. The SMILES string of the molecule is Cn1cc(C(N)C(C)(C)N2CCOCC2)cn1. The van der Waals surface area contributed by atoms with Gasteiger partial charge in [-0.15, -0.1) is 0 Å². The molecule has 5 heteroatoms. The summed E-state index contributed by atoms with van der Waals surface area (Å²) in [7, 11) is 1.91. The quantitative estimate of drug-likeness (QED) is 0.834. The second-order valence-electron chi connectivity index (χ2n) is 5.18. The minimum absolute atomic E-state index is 0.0331. The van der Waals surface area contributed by atoms with Gasteiger partial charge in [-0.05, 0) is 13.8 Å². The lowest BCUT2D eigenvalue weighted by atomic mass is 9.89. The molecule has 0 spiro atoms. The van der Waals surface area contributed by atoms with Crippen molar-refractivity contribution in [2.75, 3.05) is 26.3 Å². The minimum Gasteiger partial charge on any atom is -0.379 e. The Kier molecular flexibility index (Phi) is 3.51. The summed E-state index contributed by atoms with van der Waals surface area (Å²) in [5, 5.41) is 4.19. The molecule has 2 heterocycles. The summed E-state index contributed by atoms with van der Waals surface area (Å²) < 4.78 is 7.18. The maximum Gasteiger partial charge on any atom is 0.0594 e. The topological polar surface area (TPSA) is 56.3 Å². The van der Waals surface area contributed by atoms with Gasteiger partial charge in [0.15, 0.2) is 0 Å². The van der Waals surface area contributed by atoms with E-state index in [1.54, 1.807) is 4.68 Å². The predicted octanol–water partition coefficient (Wildman–Crippen LogP) is 0.531. The Balaban J connectivity index is 2.13. The zero-order valence-electron chi connectivity index (χ0n) is 10.9. The van der Waals surface area contributed by atoms with Crippen molar-refractivity contribution < 1.29 is 4.74 Å². The number of rotatable bonds is 3. The third kappa shape index (κ3) is 2.51. The van der Waals surface area contributed by atoms with E-state index in [1.165, 1.54) is 0 Å². The van der Waals surface area contributed by atoms with Crippen LogP contribution in [0.1, 0.15) is 25.5 Å². The molecule has 2 rings (SSSR count). The molecule has 0 bridgehead atoms. The average molecular weight is 238 g/mol. The van der Waals surface area contributed by atoms with Crippen LogP contribution < -0.4 is 5.73 Å². The van der Waals surface area contributed by atoms with Gasteiger partial charge in [0, 0.05) is 37.4 Å². The monoisotopic (exact) mass is 238 g/mol. The summed E-state index contributed by atoms with van der Waals surface area (Å²) in [6.45, 7) is 7.86. The summed E-state index contributed by atoms with van der Waals surface area (Å²) in [5.74, 6) is 0. The first-order valence-corrected chi connectivity index (χ1v) is 6.09. The van der Waals surface area contributed by atoms with Crippen molar-refractivity contribution in [2.45, 2.75) is 25.4 Å². The fourth-order valence-corrected chi connectivity index (χ4v) is 2.34. The molecule has 1 saturated heterocycles. The van der Waals surface area contributed by atoms with Crippen LogP contribution in [0.25, 0.3) is 0 Å².